The molecular weight excluding hydrogens is 803 g/mol. The molecule has 4 heteroatoms. The molecule has 0 fully saturated rings. The molecule has 66 heavy (non-hydrogen) atoms. The van der Waals surface area contributed by atoms with Gasteiger partial charge in [-0.2, -0.15) is 0 Å². The van der Waals surface area contributed by atoms with E-state index in [2.05, 4.69) is 58.9 Å². The van der Waals surface area contributed by atoms with Gasteiger partial charge in [-0.3, -0.25) is 9.55 Å². The molecule has 0 unspecified atom stereocenters. The summed E-state index contributed by atoms with van der Waals surface area (Å²) in [6.45, 7) is 22.4. The topological polar surface area (TPSA) is 50.9 Å². The van der Waals surface area contributed by atoms with E-state index >= 15 is 0 Å². The quantitative estimate of drug-likeness (QED) is 0.141. The Kier molecular flexibility index (Phi) is 10.5. The lowest BCUT2D eigenvalue weighted by Gasteiger charge is -2.22. The first-order chi connectivity index (χ1) is 33.7. The Balaban J connectivity index is 1.44. The summed E-state index contributed by atoms with van der Waals surface area (Å²) in [6.07, 6.45) is 1.82. The van der Waals surface area contributed by atoms with Gasteiger partial charge in [0.15, 0.2) is 0 Å². The largest absolute Gasteiger partial charge is 0.507 e. The lowest BCUT2D eigenvalue weighted by atomic mass is 9.83. The van der Waals surface area contributed by atoms with Crippen LogP contribution in [-0.4, -0.2) is 19.6 Å². The van der Waals surface area contributed by atoms with E-state index in [-0.39, 0.29) is 34.0 Å². The second kappa shape index (κ2) is 18.2. The van der Waals surface area contributed by atoms with Gasteiger partial charge in [0.2, 0.25) is 0 Å². The highest BCUT2D eigenvalue weighted by molar-refractivity contribution is 5.97. The Morgan fingerprint density at radius 3 is 1.89 bits per heavy atom. The van der Waals surface area contributed by atoms with E-state index < -0.39 is 30.4 Å². The van der Waals surface area contributed by atoms with Gasteiger partial charge in [-0.05, 0) is 157 Å². The van der Waals surface area contributed by atoms with Crippen molar-refractivity contribution in [2.75, 3.05) is 0 Å². The molecule has 6 aromatic carbocycles. The molecule has 2 aromatic heterocycles. The minimum Gasteiger partial charge on any atom is -0.507 e. The lowest BCUT2D eigenvalue weighted by Crippen LogP contribution is -2.11. The molecule has 4 nitrogen and oxygen atoms in total. The first-order valence-corrected chi connectivity index (χ1v) is 23.2. The molecule has 0 saturated carbocycles. The number of aromatic hydroxyl groups is 1. The van der Waals surface area contributed by atoms with Crippen LogP contribution in [0.3, 0.4) is 0 Å². The van der Waals surface area contributed by atoms with Crippen LogP contribution in [0.15, 0.2) is 128 Å². The number of phenolic OH excluding ortho intramolecular Hbond substituents is 1. The van der Waals surface area contributed by atoms with Crippen LogP contribution >= 0.6 is 0 Å². The maximum Gasteiger partial charge on any atom is 0.149 e. The maximum absolute atomic E-state index is 12.4. The molecule has 8 aromatic rings. The number of para-hydroxylation sites is 1. The summed E-state index contributed by atoms with van der Waals surface area (Å²) in [6, 6.07) is 39.4. The number of aryl methyl sites for hydroxylation is 1. The van der Waals surface area contributed by atoms with Crippen molar-refractivity contribution < 1.29 is 14.7 Å². The number of imidazole rings is 1. The summed E-state index contributed by atoms with van der Waals surface area (Å²) in [7, 11) is 0. The predicted molar refractivity (Wildman–Crippen MR) is 282 cm³/mol. The highest BCUT2D eigenvalue weighted by atomic mass is 16.3. The molecule has 0 aliphatic heterocycles. The third-order valence-corrected chi connectivity index (χ3v) is 12.9. The number of nitrogens with zero attached hydrogens (tertiary/aromatic N) is 3. The fourth-order valence-corrected chi connectivity index (χ4v) is 9.04. The highest BCUT2D eigenvalue weighted by Crippen LogP contribution is 2.45. The van der Waals surface area contributed by atoms with E-state index in [0.29, 0.717) is 33.4 Å². The minimum absolute atomic E-state index is 0.0572. The predicted octanol–water partition coefficient (Wildman–Crippen LogP) is 17.7. The number of hydrogen-bond donors (Lipinski definition) is 1. The molecular formula is C62H69N3O. The Bertz CT molecular complexity index is 3390. The second-order valence-electron chi connectivity index (χ2n) is 20.1. The van der Waals surface area contributed by atoms with Crippen molar-refractivity contribution in [2.24, 2.45) is 0 Å². The van der Waals surface area contributed by atoms with Crippen LogP contribution in [0.5, 0.6) is 5.75 Å². The Morgan fingerprint density at radius 2 is 1.24 bits per heavy atom. The summed E-state index contributed by atoms with van der Waals surface area (Å²) in [5.41, 5.74) is 13.0. The molecule has 0 saturated heterocycles. The molecule has 2 heterocycles. The molecule has 8 rings (SSSR count). The van der Waals surface area contributed by atoms with E-state index in [4.69, 9.17) is 15.5 Å². The molecule has 0 spiro atoms. The Labute approximate surface area is 404 Å². The second-order valence-corrected chi connectivity index (χ2v) is 20.1. The fraction of sp³-hybridized carbons (Fsp3) is 0.323. The van der Waals surface area contributed by atoms with Crippen LogP contribution in [0.1, 0.15) is 168 Å². The van der Waals surface area contributed by atoms with Gasteiger partial charge in [-0.1, -0.05) is 163 Å². The number of hydrogen-bond acceptors (Lipinski definition) is 3. The number of pyridine rings is 1. The van der Waals surface area contributed by atoms with Crippen molar-refractivity contribution in [3.05, 3.63) is 166 Å². The average molecular weight is 879 g/mol. The van der Waals surface area contributed by atoms with Crippen molar-refractivity contribution in [1.29, 1.82) is 0 Å². The fourth-order valence-electron chi connectivity index (χ4n) is 9.04. The van der Waals surface area contributed by atoms with Gasteiger partial charge in [0.1, 0.15) is 11.6 Å². The molecule has 0 radical (unpaired) electrons. The third kappa shape index (κ3) is 8.87. The van der Waals surface area contributed by atoms with Gasteiger partial charge >= 0.3 is 0 Å². The standard InChI is InChI=1S/C62H69N3O/c1-36(2)42-21-23-43(24-22-42)44-27-28-63-55(35-44)48-30-47(31-49(32-48)62(12,13)14)52-19-16-20-57-59(52)64-61(54-34-46(37(3)4)33-53(40(9)10)60(54)66)65(57)56-26-25-45(29-41(56)11)58-50(38(5)6)17-15-18-51(58)39(7)8/h15-40,66H,1-14H3/i11D3,36D,37D,38D,40D. The third-order valence-electron chi connectivity index (χ3n) is 12.9. The van der Waals surface area contributed by atoms with Gasteiger partial charge in [0, 0.05) is 26.9 Å². The van der Waals surface area contributed by atoms with Crippen molar-refractivity contribution in [1.82, 2.24) is 14.5 Å². The van der Waals surface area contributed by atoms with Crippen LogP contribution in [0, 0.1) is 6.85 Å². The van der Waals surface area contributed by atoms with Crippen LogP contribution in [-0.2, 0) is 5.41 Å². The van der Waals surface area contributed by atoms with Crippen molar-refractivity contribution >= 4 is 11.0 Å². The SMILES string of the molecule is [2H]C([2H])([2H])c1cc(-c2c(C(C)C)cccc2C([2H])(C)C)ccc1-n1c(-c2cc(C([2H])(C)C)cc(C([2H])(C)C)c2O)nc2c(-c3cc(-c4cc(-c5ccc(C([2H])(C)C)cc5)ccn4)cc(C(C)(C)C)c3)cccc21. The lowest BCUT2D eigenvalue weighted by molar-refractivity contribution is 0.466. The first-order valence-electron chi connectivity index (χ1n) is 26.7. The highest BCUT2D eigenvalue weighted by Gasteiger charge is 2.26. The number of fused-ring (bicyclic) bond motifs is 1. The maximum atomic E-state index is 12.4. The van der Waals surface area contributed by atoms with E-state index in [1.54, 1.807) is 45.9 Å². The molecule has 0 amide bonds. The summed E-state index contributed by atoms with van der Waals surface area (Å²) in [5, 5.41) is 12.4. The van der Waals surface area contributed by atoms with E-state index in [1.165, 1.54) is 0 Å². The molecule has 0 atom stereocenters. The zero-order valence-electron chi connectivity index (χ0n) is 48.0. The van der Waals surface area contributed by atoms with Gasteiger partial charge in [-0.15, -0.1) is 0 Å². The van der Waals surface area contributed by atoms with Gasteiger partial charge in [0.25, 0.3) is 0 Å². The number of phenols is 1. The summed E-state index contributed by atoms with van der Waals surface area (Å²) in [5.74, 6) is -3.96. The van der Waals surface area contributed by atoms with Gasteiger partial charge in [0.05, 0.1) is 28.0 Å². The van der Waals surface area contributed by atoms with Gasteiger partial charge in [-0.25, -0.2) is 4.98 Å². The van der Waals surface area contributed by atoms with Crippen LogP contribution < -0.4 is 0 Å². The van der Waals surface area contributed by atoms with Crippen molar-refractivity contribution in [3.8, 4) is 67.5 Å². The summed E-state index contributed by atoms with van der Waals surface area (Å²) >= 11 is 0. The van der Waals surface area contributed by atoms with E-state index in [0.717, 1.165) is 61.3 Å². The zero-order valence-corrected chi connectivity index (χ0v) is 41.0. The van der Waals surface area contributed by atoms with E-state index in [9.17, 15) is 9.22 Å². The summed E-state index contributed by atoms with van der Waals surface area (Å²) < 4.78 is 65.4. The smallest absolute Gasteiger partial charge is 0.149 e. The average Bonchev–Trinajstić information content (AvgIpc) is 3.68. The van der Waals surface area contributed by atoms with Crippen molar-refractivity contribution in [3.63, 3.8) is 0 Å². The first kappa shape index (κ1) is 37.9. The molecule has 1 N–H and O–H groups in total. The van der Waals surface area contributed by atoms with E-state index in [1.807, 2.05) is 117 Å². The summed E-state index contributed by atoms with van der Waals surface area (Å²) in [4.78, 5) is 10.3. The monoisotopic (exact) mass is 879 g/mol. The Morgan fingerprint density at radius 1 is 0.576 bits per heavy atom. The minimum atomic E-state index is -2.64. The number of rotatable bonds is 11. The molecule has 338 valence electrons. The normalized spacial score (nSPS) is 14.6. The van der Waals surface area contributed by atoms with Gasteiger partial charge < -0.3 is 5.11 Å². The Hall–Kier alpha value is -6.26. The van der Waals surface area contributed by atoms with Crippen LogP contribution in [0.4, 0.5) is 0 Å². The molecule has 0 bridgehead atoms. The number of benzene rings is 6. The van der Waals surface area contributed by atoms with Crippen LogP contribution in [0.2, 0.25) is 0 Å². The zero-order chi connectivity index (χ0) is 53.5. The number of aromatic nitrogens is 3. The molecule has 0 aliphatic rings. The van der Waals surface area contributed by atoms with Crippen molar-refractivity contribution in [2.45, 2.75) is 132 Å². The van der Waals surface area contributed by atoms with Crippen LogP contribution in [0.25, 0.3) is 72.7 Å². The molecule has 0 aliphatic carbocycles.